The minimum absolute atomic E-state index is 0. The molecule has 4 rings (SSSR count). The maximum absolute atomic E-state index is 13.7. The van der Waals surface area contributed by atoms with Crippen molar-refractivity contribution in [2.24, 2.45) is 5.92 Å². The molecule has 8 heteroatoms. The molecule has 2 aromatic rings. The molecule has 2 aliphatic rings. The fraction of sp³-hybridized carbons (Fsp3) is 0.520. The lowest BCUT2D eigenvalue weighted by Gasteiger charge is -2.34. The zero-order valence-corrected chi connectivity index (χ0v) is 20.5. The molecule has 0 spiro atoms. The van der Waals surface area contributed by atoms with E-state index < -0.39 is 21.5 Å². The summed E-state index contributed by atoms with van der Waals surface area (Å²) in [5.74, 6) is 0.466. The SMILES string of the molecule is CNC1CCc2ccc(OCCCS(=O)(=O)CC3CC3)cc2C1Cc1cc(F)cc(F)c1.Cl. The van der Waals surface area contributed by atoms with Crippen molar-refractivity contribution in [2.75, 3.05) is 25.2 Å². The van der Waals surface area contributed by atoms with Crippen molar-refractivity contribution in [3.63, 3.8) is 0 Å². The molecular formula is C25H32ClF2NO3S. The average Bonchev–Trinajstić information content (AvgIpc) is 3.54. The van der Waals surface area contributed by atoms with Gasteiger partial charge in [-0.1, -0.05) is 6.07 Å². The monoisotopic (exact) mass is 499 g/mol. The number of ether oxygens (including phenoxy) is 1. The molecule has 0 aromatic heterocycles. The van der Waals surface area contributed by atoms with Crippen LogP contribution >= 0.6 is 12.4 Å². The van der Waals surface area contributed by atoms with Crippen LogP contribution in [0.4, 0.5) is 8.78 Å². The van der Waals surface area contributed by atoms with Crippen molar-refractivity contribution in [1.82, 2.24) is 5.32 Å². The Bertz CT molecular complexity index is 1040. The maximum atomic E-state index is 13.7. The minimum atomic E-state index is -3.00. The molecule has 1 fully saturated rings. The second-order valence-electron chi connectivity index (χ2n) is 9.14. The normalized spacial score (nSPS) is 20.1. The molecule has 0 aliphatic heterocycles. The standard InChI is InChI=1S/C25H31F2NO3S.ClH/c1-28-25-8-6-19-5-7-22(31-9-2-10-32(29,30)16-17-3-4-17)15-23(19)24(25)13-18-11-20(26)14-21(27)12-18;/h5,7,11-12,14-15,17,24-25,28H,2-4,6,8-10,13,16H2,1H3;1H. The number of nitrogens with one attached hydrogen (secondary N) is 1. The molecule has 0 bridgehead atoms. The second kappa shape index (κ2) is 11.2. The van der Waals surface area contributed by atoms with Gasteiger partial charge in [0.25, 0.3) is 0 Å². The predicted molar refractivity (Wildman–Crippen MR) is 129 cm³/mol. The molecule has 2 unspecified atom stereocenters. The summed E-state index contributed by atoms with van der Waals surface area (Å²) >= 11 is 0. The largest absolute Gasteiger partial charge is 0.494 e. The Labute approximate surface area is 201 Å². The summed E-state index contributed by atoms with van der Waals surface area (Å²) in [4.78, 5) is 0. The Morgan fingerprint density at radius 2 is 1.79 bits per heavy atom. The van der Waals surface area contributed by atoms with E-state index in [1.807, 2.05) is 19.2 Å². The van der Waals surface area contributed by atoms with Gasteiger partial charge in [0.05, 0.1) is 18.1 Å². The van der Waals surface area contributed by atoms with Crippen molar-refractivity contribution in [1.29, 1.82) is 0 Å². The third-order valence-electron chi connectivity index (χ3n) is 6.53. The molecule has 1 N–H and O–H groups in total. The van der Waals surface area contributed by atoms with Crippen molar-refractivity contribution in [2.45, 2.75) is 50.5 Å². The Morgan fingerprint density at radius 1 is 1.06 bits per heavy atom. The van der Waals surface area contributed by atoms with Gasteiger partial charge in [0.15, 0.2) is 9.84 Å². The van der Waals surface area contributed by atoms with Crippen molar-refractivity contribution in [3.8, 4) is 5.75 Å². The van der Waals surface area contributed by atoms with E-state index in [1.165, 1.54) is 17.7 Å². The third kappa shape index (κ3) is 7.14. The number of hydrogen-bond donors (Lipinski definition) is 1. The highest BCUT2D eigenvalue weighted by molar-refractivity contribution is 7.91. The zero-order valence-electron chi connectivity index (χ0n) is 18.9. The topological polar surface area (TPSA) is 55.4 Å². The summed E-state index contributed by atoms with van der Waals surface area (Å²) in [5, 5.41) is 3.36. The molecular weight excluding hydrogens is 468 g/mol. The first-order valence-electron chi connectivity index (χ1n) is 11.4. The quantitative estimate of drug-likeness (QED) is 0.475. The number of rotatable bonds is 10. The van der Waals surface area contributed by atoms with Crippen LogP contribution in [0.15, 0.2) is 36.4 Å². The van der Waals surface area contributed by atoms with Gasteiger partial charge in [-0.2, -0.15) is 0 Å². The van der Waals surface area contributed by atoms with Gasteiger partial charge in [-0.25, -0.2) is 17.2 Å². The lowest BCUT2D eigenvalue weighted by molar-refractivity contribution is 0.315. The number of benzene rings is 2. The van der Waals surface area contributed by atoms with Gasteiger partial charge >= 0.3 is 0 Å². The number of sulfone groups is 1. The van der Waals surface area contributed by atoms with E-state index in [0.29, 0.717) is 42.4 Å². The Hall–Kier alpha value is -1.70. The van der Waals surface area contributed by atoms with Gasteiger partial charge in [-0.05, 0) is 92.4 Å². The Morgan fingerprint density at radius 3 is 2.45 bits per heavy atom. The van der Waals surface area contributed by atoms with E-state index in [0.717, 1.165) is 37.3 Å². The van der Waals surface area contributed by atoms with Gasteiger partial charge in [-0.3, -0.25) is 0 Å². The second-order valence-corrected chi connectivity index (χ2v) is 11.4. The molecule has 4 nitrogen and oxygen atoms in total. The summed E-state index contributed by atoms with van der Waals surface area (Å²) in [6.07, 6.45) is 4.93. The summed E-state index contributed by atoms with van der Waals surface area (Å²) in [6.45, 7) is 0.345. The van der Waals surface area contributed by atoms with Crippen molar-refractivity contribution in [3.05, 3.63) is 64.7 Å². The van der Waals surface area contributed by atoms with Crippen LogP contribution in [0, 0.1) is 17.6 Å². The van der Waals surface area contributed by atoms with Crippen molar-refractivity contribution < 1.29 is 21.9 Å². The summed E-state index contributed by atoms with van der Waals surface area (Å²) in [6, 6.07) is 9.87. The first-order valence-corrected chi connectivity index (χ1v) is 13.2. The van der Waals surface area contributed by atoms with Crippen LogP contribution in [-0.4, -0.2) is 39.6 Å². The van der Waals surface area contributed by atoms with Gasteiger partial charge in [0, 0.05) is 18.0 Å². The summed E-state index contributed by atoms with van der Waals surface area (Å²) < 4.78 is 57.6. The molecule has 0 amide bonds. The molecule has 0 saturated heterocycles. The van der Waals surface area contributed by atoms with Crippen LogP contribution in [0.3, 0.4) is 0 Å². The Kier molecular flexibility index (Phi) is 8.76. The lowest BCUT2D eigenvalue weighted by Crippen LogP contribution is -2.37. The van der Waals surface area contributed by atoms with E-state index in [1.54, 1.807) is 0 Å². The molecule has 2 atom stereocenters. The van der Waals surface area contributed by atoms with Crippen LogP contribution in [0.25, 0.3) is 0 Å². The molecule has 33 heavy (non-hydrogen) atoms. The highest BCUT2D eigenvalue weighted by Crippen LogP contribution is 2.37. The smallest absolute Gasteiger partial charge is 0.150 e. The highest BCUT2D eigenvalue weighted by atomic mass is 35.5. The molecule has 0 radical (unpaired) electrons. The summed E-state index contributed by atoms with van der Waals surface area (Å²) in [7, 11) is -1.08. The van der Waals surface area contributed by atoms with E-state index in [4.69, 9.17) is 4.74 Å². The fourth-order valence-corrected chi connectivity index (χ4v) is 6.52. The fourth-order valence-electron chi connectivity index (χ4n) is 4.74. The zero-order chi connectivity index (χ0) is 22.7. The number of fused-ring (bicyclic) bond motifs is 1. The van der Waals surface area contributed by atoms with Gasteiger partial charge < -0.3 is 10.1 Å². The van der Waals surface area contributed by atoms with E-state index >= 15 is 0 Å². The van der Waals surface area contributed by atoms with Crippen molar-refractivity contribution >= 4 is 22.2 Å². The van der Waals surface area contributed by atoms with Crippen LogP contribution in [0.1, 0.15) is 48.3 Å². The first kappa shape index (κ1) is 25.9. The van der Waals surface area contributed by atoms with Crippen LogP contribution in [0.5, 0.6) is 5.75 Å². The first-order chi connectivity index (χ1) is 15.3. The van der Waals surface area contributed by atoms with Gasteiger partial charge in [0.2, 0.25) is 0 Å². The molecule has 1 saturated carbocycles. The third-order valence-corrected chi connectivity index (χ3v) is 8.42. The van der Waals surface area contributed by atoms with Gasteiger partial charge in [-0.15, -0.1) is 12.4 Å². The van der Waals surface area contributed by atoms with E-state index in [-0.39, 0.29) is 30.1 Å². The van der Waals surface area contributed by atoms with E-state index in [9.17, 15) is 17.2 Å². The average molecular weight is 500 g/mol. The van der Waals surface area contributed by atoms with Crippen LogP contribution < -0.4 is 10.1 Å². The molecule has 2 aliphatic carbocycles. The molecule has 182 valence electrons. The number of likely N-dealkylation sites (N-methyl/N-ethyl adjacent to an activating group) is 1. The van der Waals surface area contributed by atoms with Gasteiger partial charge in [0.1, 0.15) is 17.4 Å². The minimum Gasteiger partial charge on any atom is -0.494 e. The number of halogens is 3. The Balaban J connectivity index is 0.00000306. The van der Waals surface area contributed by atoms with E-state index in [2.05, 4.69) is 11.4 Å². The molecule has 2 aromatic carbocycles. The van der Waals surface area contributed by atoms with Crippen LogP contribution in [-0.2, 0) is 22.7 Å². The van der Waals surface area contributed by atoms with Crippen LogP contribution in [0.2, 0.25) is 0 Å². The maximum Gasteiger partial charge on any atom is 0.150 e. The lowest BCUT2D eigenvalue weighted by atomic mass is 9.76. The number of hydrogen-bond acceptors (Lipinski definition) is 4. The highest BCUT2D eigenvalue weighted by Gasteiger charge is 2.30. The predicted octanol–water partition coefficient (Wildman–Crippen LogP) is 4.84. The molecule has 0 heterocycles. The number of aryl methyl sites for hydroxylation is 1. The summed E-state index contributed by atoms with van der Waals surface area (Å²) in [5.41, 5.74) is 2.98.